The molecule has 13 aromatic rings. The smallest absolute Gasteiger partial charge is 0.160 e. The molecule has 0 saturated carbocycles. The Morgan fingerprint density at radius 1 is 0.188 bits per heavy atom. The summed E-state index contributed by atoms with van der Waals surface area (Å²) in [4.78, 5) is 29.1. The van der Waals surface area contributed by atoms with E-state index in [0.29, 0.717) is 11.6 Å². The predicted octanol–water partition coefficient (Wildman–Crippen LogP) is 17.7. The van der Waals surface area contributed by atoms with E-state index < -0.39 is 0 Å². The second kappa shape index (κ2) is 19.8. The van der Waals surface area contributed by atoms with Crippen molar-refractivity contribution in [1.29, 1.82) is 0 Å². The number of aromatic nitrogens is 6. The SMILES string of the molecule is c1ccc(-c2nc(-c3ccc(-c4ccncc4)cc3)cc(-c3cccc(-c4ccc5c(c4)C4c6ccccc6C5c5cc(-c6cccc(-c7cc(-c8ccc(-c9ccncc9)cc8)nc(-c8ccccc8)n7)c6)ccc54)c3)n2)cc1. The third-order valence-electron chi connectivity index (χ3n) is 15.9. The van der Waals surface area contributed by atoms with Gasteiger partial charge in [-0.2, -0.15) is 0 Å². The van der Waals surface area contributed by atoms with Crippen LogP contribution in [0.2, 0.25) is 0 Å². The molecule has 374 valence electrons. The second-order valence-corrected chi connectivity index (χ2v) is 20.6. The zero-order valence-electron chi connectivity index (χ0n) is 43.4. The highest BCUT2D eigenvalue weighted by atomic mass is 14.9. The predicted molar refractivity (Wildman–Crippen MR) is 322 cm³/mol. The largest absolute Gasteiger partial charge is 0.265 e. The first-order valence-electron chi connectivity index (χ1n) is 27.1. The minimum Gasteiger partial charge on any atom is -0.265 e. The fourth-order valence-electron chi connectivity index (χ4n) is 12.0. The highest BCUT2D eigenvalue weighted by Gasteiger charge is 2.41. The summed E-state index contributed by atoms with van der Waals surface area (Å²) in [6.07, 6.45) is 7.31. The van der Waals surface area contributed by atoms with E-state index in [1.807, 2.05) is 85.5 Å². The molecule has 3 aliphatic carbocycles. The molecule has 9 aromatic carbocycles. The summed E-state index contributed by atoms with van der Waals surface area (Å²) in [5.74, 6) is 1.58. The highest BCUT2D eigenvalue weighted by Crippen LogP contribution is 2.57. The van der Waals surface area contributed by atoms with E-state index in [2.05, 4.69) is 204 Å². The van der Waals surface area contributed by atoms with Crippen molar-refractivity contribution in [1.82, 2.24) is 29.9 Å². The van der Waals surface area contributed by atoms with Crippen LogP contribution in [-0.2, 0) is 0 Å². The molecule has 4 aromatic heterocycles. The van der Waals surface area contributed by atoms with E-state index in [1.165, 1.54) is 44.5 Å². The number of hydrogen-bond acceptors (Lipinski definition) is 6. The van der Waals surface area contributed by atoms with Crippen LogP contribution in [0.4, 0.5) is 0 Å². The monoisotopic (exact) mass is 1020 g/mol. The molecule has 2 atom stereocenters. The first-order valence-corrected chi connectivity index (χ1v) is 27.1. The van der Waals surface area contributed by atoms with Crippen LogP contribution in [-0.4, -0.2) is 29.9 Å². The maximum Gasteiger partial charge on any atom is 0.160 e. The third-order valence-corrected chi connectivity index (χ3v) is 15.9. The van der Waals surface area contributed by atoms with Crippen molar-refractivity contribution in [3.8, 4) is 112 Å². The summed E-state index contributed by atoms with van der Waals surface area (Å²) in [5, 5.41) is 0. The van der Waals surface area contributed by atoms with Gasteiger partial charge in [0.15, 0.2) is 11.6 Å². The van der Waals surface area contributed by atoms with Crippen molar-refractivity contribution < 1.29 is 0 Å². The molecule has 4 heterocycles. The van der Waals surface area contributed by atoms with Gasteiger partial charge < -0.3 is 0 Å². The van der Waals surface area contributed by atoms with E-state index in [4.69, 9.17) is 19.9 Å². The van der Waals surface area contributed by atoms with Crippen molar-refractivity contribution in [2.24, 2.45) is 0 Å². The number of nitrogens with zero attached hydrogens (tertiary/aromatic N) is 6. The van der Waals surface area contributed by atoms with Crippen molar-refractivity contribution in [2.75, 3.05) is 0 Å². The number of benzene rings is 9. The zero-order valence-corrected chi connectivity index (χ0v) is 43.4. The van der Waals surface area contributed by atoms with Gasteiger partial charge in [-0.15, -0.1) is 0 Å². The first-order chi connectivity index (χ1) is 39.6. The minimum atomic E-state index is 0.0992. The van der Waals surface area contributed by atoms with E-state index in [1.54, 1.807) is 0 Å². The normalized spacial score (nSPS) is 13.8. The van der Waals surface area contributed by atoms with Gasteiger partial charge in [0.1, 0.15) is 0 Å². The van der Waals surface area contributed by atoms with Crippen LogP contribution < -0.4 is 0 Å². The molecule has 0 N–H and O–H groups in total. The average molecular weight is 1020 g/mol. The third kappa shape index (κ3) is 8.56. The lowest BCUT2D eigenvalue weighted by atomic mass is 9.60. The van der Waals surface area contributed by atoms with Crippen LogP contribution >= 0.6 is 0 Å². The summed E-state index contributed by atoms with van der Waals surface area (Å²) >= 11 is 0. The summed E-state index contributed by atoms with van der Waals surface area (Å²) in [6, 6.07) is 91.1. The van der Waals surface area contributed by atoms with E-state index in [-0.39, 0.29) is 11.8 Å². The van der Waals surface area contributed by atoms with Gasteiger partial charge in [-0.25, -0.2) is 19.9 Å². The van der Waals surface area contributed by atoms with Gasteiger partial charge in [0.25, 0.3) is 0 Å². The lowest BCUT2D eigenvalue weighted by Crippen LogP contribution is -2.27. The van der Waals surface area contributed by atoms with Crippen LogP contribution in [0.1, 0.15) is 45.2 Å². The van der Waals surface area contributed by atoms with Gasteiger partial charge in [0, 0.05) is 70.0 Å². The molecule has 6 heteroatoms. The highest BCUT2D eigenvalue weighted by molar-refractivity contribution is 5.82. The molecule has 80 heavy (non-hydrogen) atoms. The molecule has 0 fully saturated rings. The number of pyridine rings is 2. The van der Waals surface area contributed by atoms with E-state index in [9.17, 15) is 0 Å². The van der Waals surface area contributed by atoms with Crippen LogP contribution in [0.5, 0.6) is 0 Å². The molecule has 0 spiro atoms. The Morgan fingerprint density at radius 2 is 0.487 bits per heavy atom. The molecule has 6 nitrogen and oxygen atoms in total. The lowest BCUT2D eigenvalue weighted by Gasteiger charge is -2.42. The van der Waals surface area contributed by atoms with Gasteiger partial charge in [-0.3, -0.25) is 9.97 Å². The summed E-state index contributed by atoms with van der Waals surface area (Å²) < 4.78 is 0. The maximum absolute atomic E-state index is 5.21. The van der Waals surface area contributed by atoms with Gasteiger partial charge >= 0.3 is 0 Å². The Kier molecular flexibility index (Phi) is 11.6. The number of hydrogen-bond donors (Lipinski definition) is 0. The van der Waals surface area contributed by atoms with E-state index >= 15 is 0 Å². The quantitative estimate of drug-likeness (QED) is 0.136. The minimum absolute atomic E-state index is 0.0992. The standard InChI is InChI=1S/C74H48N6/c1-3-11-53(12-4-1)73-77-67(51-25-21-47(22-26-51)49-33-37-75-38-34-49)45-69(79-73)59-17-9-15-55(41-59)57-29-31-63-65(43-57)71-61-19-7-8-20-62(61)72(63)66-44-58(30-32-64(66)71)56-16-10-18-60(42-56)70-46-68(78-74(80-70)54-13-5-2-6-14-54)52-27-23-48(24-28-52)50-35-39-76-40-36-50/h1-46,71-72H. The van der Waals surface area contributed by atoms with Crippen molar-refractivity contribution in [3.05, 3.63) is 313 Å². The second-order valence-electron chi connectivity index (χ2n) is 20.6. The number of rotatable bonds is 10. The van der Waals surface area contributed by atoms with Crippen molar-refractivity contribution >= 4 is 0 Å². The molecule has 2 unspecified atom stereocenters. The molecule has 0 amide bonds. The fraction of sp³-hybridized carbons (Fsp3) is 0.0270. The van der Waals surface area contributed by atoms with Gasteiger partial charge in [0.2, 0.25) is 0 Å². The van der Waals surface area contributed by atoms with Gasteiger partial charge in [-0.05, 0) is 139 Å². The Hall–Kier alpha value is -10.6. The molecular weight excluding hydrogens is 973 g/mol. The Balaban J connectivity index is 0.765. The lowest BCUT2D eigenvalue weighted by molar-refractivity contribution is 0.755. The zero-order chi connectivity index (χ0) is 52.9. The Morgan fingerprint density at radius 3 is 0.900 bits per heavy atom. The molecule has 3 aliphatic rings. The van der Waals surface area contributed by atoms with E-state index in [0.717, 1.165) is 89.5 Å². The molecular formula is C74H48N6. The topological polar surface area (TPSA) is 77.3 Å². The van der Waals surface area contributed by atoms with Crippen LogP contribution in [0, 0.1) is 0 Å². The van der Waals surface area contributed by atoms with Gasteiger partial charge in [0.05, 0.1) is 22.8 Å². The Labute approximate surface area is 464 Å². The Bertz CT molecular complexity index is 4160. The van der Waals surface area contributed by atoms with Crippen LogP contribution in [0.25, 0.3) is 112 Å². The summed E-state index contributed by atoms with van der Waals surface area (Å²) in [7, 11) is 0. The average Bonchev–Trinajstić information content (AvgIpc) is 3.61. The molecule has 16 rings (SSSR count). The van der Waals surface area contributed by atoms with Crippen LogP contribution in [0.3, 0.4) is 0 Å². The summed E-state index contributed by atoms with van der Waals surface area (Å²) in [6.45, 7) is 0. The molecule has 0 saturated heterocycles. The maximum atomic E-state index is 5.21. The van der Waals surface area contributed by atoms with Crippen LogP contribution in [0.15, 0.2) is 280 Å². The molecule has 2 bridgehead atoms. The molecule has 0 radical (unpaired) electrons. The van der Waals surface area contributed by atoms with Crippen molar-refractivity contribution in [3.63, 3.8) is 0 Å². The summed E-state index contributed by atoms with van der Waals surface area (Å²) in [5.41, 5.74) is 27.0. The van der Waals surface area contributed by atoms with Crippen molar-refractivity contribution in [2.45, 2.75) is 11.8 Å². The first kappa shape index (κ1) is 46.7. The van der Waals surface area contributed by atoms with Gasteiger partial charge in [-0.1, -0.05) is 194 Å². The molecule has 0 aliphatic heterocycles. The fourth-order valence-corrected chi connectivity index (χ4v) is 12.0.